The fourth-order valence-corrected chi connectivity index (χ4v) is 1.47. The van der Waals surface area contributed by atoms with Gasteiger partial charge in [0.2, 0.25) is 0 Å². The summed E-state index contributed by atoms with van der Waals surface area (Å²) in [5.41, 5.74) is 0.194. The third kappa shape index (κ3) is 2.48. The highest BCUT2D eigenvalue weighted by Gasteiger charge is 2.17. The summed E-state index contributed by atoms with van der Waals surface area (Å²) in [5, 5.41) is 12.6. The number of carboxylic acids is 1. The minimum Gasteiger partial charge on any atom is -0.485 e. The summed E-state index contributed by atoms with van der Waals surface area (Å²) >= 11 is 0. The van der Waals surface area contributed by atoms with Gasteiger partial charge in [-0.2, -0.15) is 0 Å². The minimum absolute atomic E-state index is 0.00935. The van der Waals surface area contributed by atoms with Crippen molar-refractivity contribution < 1.29 is 23.6 Å². The molecule has 0 saturated carbocycles. The number of benzene rings is 1. The SMILES string of the molecule is Cc1cc(COc2cccc(F)c2C(=O)O)on1. The van der Waals surface area contributed by atoms with Gasteiger partial charge in [-0.15, -0.1) is 0 Å². The molecule has 0 bridgehead atoms. The van der Waals surface area contributed by atoms with E-state index in [-0.39, 0.29) is 12.4 Å². The summed E-state index contributed by atoms with van der Waals surface area (Å²) in [5.74, 6) is -1.82. The van der Waals surface area contributed by atoms with Crippen LogP contribution in [0.4, 0.5) is 4.39 Å². The number of carboxylic acid groups (broad SMARTS) is 1. The lowest BCUT2D eigenvalue weighted by Crippen LogP contribution is -2.05. The maximum atomic E-state index is 13.3. The lowest BCUT2D eigenvalue weighted by molar-refractivity contribution is 0.0685. The average Bonchev–Trinajstić information content (AvgIpc) is 2.72. The molecule has 0 aliphatic carbocycles. The van der Waals surface area contributed by atoms with E-state index in [0.29, 0.717) is 11.5 Å². The molecule has 1 N–H and O–H groups in total. The van der Waals surface area contributed by atoms with E-state index >= 15 is 0 Å². The zero-order valence-electron chi connectivity index (χ0n) is 9.51. The summed E-state index contributed by atoms with van der Waals surface area (Å²) < 4.78 is 23.5. The number of rotatable bonds is 4. The Hall–Kier alpha value is -2.37. The van der Waals surface area contributed by atoms with Gasteiger partial charge in [0.25, 0.3) is 0 Å². The number of halogens is 1. The molecule has 1 aromatic heterocycles. The van der Waals surface area contributed by atoms with Crippen molar-refractivity contribution in [1.82, 2.24) is 5.16 Å². The molecular formula is C12H10FNO4. The van der Waals surface area contributed by atoms with Crippen LogP contribution in [0.1, 0.15) is 21.8 Å². The molecule has 1 heterocycles. The first-order valence-corrected chi connectivity index (χ1v) is 5.14. The Morgan fingerprint density at radius 3 is 2.94 bits per heavy atom. The Morgan fingerprint density at radius 1 is 1.56 bits per heavy atom. The zero-order chi connectivity index (χ0) is 13.1. The molecule has 0 aliphatic rings. The first-order chi connectivity index (χ1) is 8.58. The second-order valence-electron chi connectivity index (χ2n) is 3.64. The normalized spacial score (nSPS) is 10.3. The number of hydrogen-bond acceptors (Lipinski definition) is 4. The third-order valence-electron chi connectivity index (χ3n) is 2.24. The molecule has 0 spiro atoms. The van der Waals surface area contributed by atoms with Gasteiger partial charge in [0.05, 0.1) is 5.69 Å². The average molecular weight is 251 g/mol. The molecule has 2 rings (SSSR count). The Balaban J connectivity index is 2.19. The molecule has 0 atom stereocenters. The monoisotopic (exact) mass is 251 g/mol. The van der Waals surface area contributed by atoms with Gasteiger partial charge >= 0.3 is 5.97 Å². The number of ether oxygens (including phenoxy) is 1. The molecule has 6 heteroatoms. The van der Waals surface area contributed by atoms with Gasteiger partial charge in [0.15, 0.2) is 5.76 Å². The third-order valence-corrected chi connectivity index (χ3v) is 2.24. The Labute approximate surface area is 102 Å². The predicted molar refractivity (Wildman–Crippen MR) is 58.9 cm³/mol. The van der Waals surface area contributed by atoms with Crippen LogP contribution in [0.2, 0.25) is 0 Å². The fourth-order valence-electron chi connectivity index (χ4n) is 1.47. The van der Waals surface area contributed by atoms with Crippen molar-refractivity contribution in [2.45, 2.75) is 13.5 Å². The molecule has 18 heavy (non-hydrogen) atoms. The highest BCUT2D eigenvalue weighted by molar-refractivity contribution is 5.91. The van der Waals surface area contributed by atoms with Crippen molar-refractivity contribution in [3.8, 4) is 5.75 Å². The number of nitrogens with zero attached hydrogens (tertiary/aromatic N) is 1. The summed E-state index contributed by atoms with van der Waals surface area (Å²) in [4.78, 5) is 10.9. The van der Waals surface area contributed by atoms with Crippen molar-refractivity contribution in [2.75, 3.05) is 0 Å². The fraction of sp³-hybridized carbons (Fsp3) is 0.167. The largest absolute Gasteiger partial charge is 0.485 e. The van der Waals surface area contributed by atoms with Crippen LogP contribution in [-0.2, 0) is 6.61 Å². The molecule has 0 radical (unpaired) electrons. The van der Waals surface area contributed by atoms with Gasteiger partial charge in [0.1, 0.15) is 23.7 Å². The van der Waals surface area contributed by atoms with E-state index in [2.05, 4.69) is 5.16 Å². The smallest absolute Gasteiger partial charge is 0.342 e. The van der Waals surface area contributed by atoms with Gasteiger partial charge in [-0.05, 0) is 19.1 Å². The van der Waals surface area contributed by atoms with Crippen LogP contribution >= 0.6 is 0 Å². The summed E-state index contributed by atoms with van der Waals surface area (Å²) in [6.07, 6.45) is 0. The second-order valence-corrected chi connectivity index (χ2v) is 3.64. The predicted octanol–water partition coefficient (Wildman–Crippen LogP) is 2.40. The molecule has 1 aromatic carbocycles. The van der Waals surface area contributed by atoms with E-state index in [0.717, 1.165) is 6.07 Å². The second kappa shape index (κ2) is 4.87. The van der Waals surface area contributed by atoms with Crippen LogP contribution in [-0.4, -0.2) is 16.2 Å². The molecule has 94 valence electrons. The minimum atomic E-state index is -1.38. The topological polar surface area (TPSA) is 72.6 Å². The van der Waals surface area contributed by atoms with Crippen molar-refractivity contribution >= 4 is 5.97 Å². The van der Waals surface area contributed by atoms with Gasteiger partial charge in [-0.25, -0.2) is 9.18 Å². The lowest BCUT2D eigenvalue weighted by Gasteiger charge is -2.07. The molecule has 0 saturated heterocycles. The molecule has 0 amide bonds. The van der Waals surface area contributed by atoms with E-state index in [4.69, 9.17) is 14.4 Å². The maximum absolute atomic E-state index is 13.3. The van der Waals surface area contributed by atoms with Gasteiger partial charge < -0.3 is 14.4 Å². The standard InChI is InChI=1S/C12H10FNO4/c1-7-5-8(18-14-7)6-17-10-4-2-3-9(13)11(10)12(15)16/h2-5H,6H2,1H3,(H,15,16). The van der Waals surface area contributed by atoms with E-state index in [1.165, 1.54) is 12.1 Å². The number of carbonyl (C=O) groups is 1. The highest BCUT2D eigenvalue weighted by Crippen LogP contribution is 2.22. The Morgan fingerprint density at radius 2 is 2.33 bits per heavy atom. The number of hydrogen-bond donors (Lipinski definition) is 1. The lowest BCUT2D eigenvalue weighted by atomic mass is 10.2. The van der Waals surface area contributed by atoms with Crippen molar-refractivity contribution in [2.24, 2.45) is 0 Å². The van der Waals surface area contributed by atoms with Crippen LogP contribution in [0.25, 0.3) is 0 Å². The van der Waals surface area contributed by atoms with Gasteiger partial charge in [-0.1, -0.05) is 11.2 Å². The van der Waals surface area contributed by atoms with Crippen molar-refractivity contribution in [3.63, 3.8) is 0 Å². The summed E-state index contributed by atoms with van der Waals surface area (Å²) in [6.45, 7) is 1.74. The van der Waals surface area contributed by atoms with Crippen LogP contribution in [0.3, 0.4) is 0 Å². The molecule has 5 nitrogen and oxygen atoms in total. The van der Waals surface area contributed by atoms with Crippen LogP contribution in [0.15, 0.2) is 28.8 Å². The first kappa shape index (κ1) is 12.1. The molecule has 0 fully saturated rings. The van der Waals surface area contributed by atoms with E-state index in [1.54, 1.807) is 13.0 Å². The van der Waals surface area contributed by atoms with E-state index < -0.39 is 17.3 Å². The Bertz CT molecular complexity index is 579. The van der Waals surface area contributed by atoms with Crippen LogP contribution < -0.4 is 4.74 Å². The Kier molecular flexibility index (Phi) is 3.27. The quantitative estimate of drug-likeness (QED) is 0.903. The van der Waals surface area contributed by atoms with Crippen molar-refractivity contribution in [1.29, 1.82) is 0 Å². The summed E-state index contributed by atoms with van der Waals surface area (Å²) in [6, 6.07) is 5.48. The van der Waals surface area contributed by atoms with E-state index in [9.17, 15) is 9.18 Å². The molecular weight excluding hydrogens is 241 g/mol. The van der Waals surface area contributed by atoms with Gasteiger partial charge in [-0.3, -0.25) is 0 Å². The van der Waals surface area contributed by atoms with E-state index in [1.807, 2.05) is 0 Å². The van der Waals surface area contributed by atoms with Gasteiger partial charge in [0, 0.05) is 6.07 Å². The summed E-state index contributed by atoms with van der Waals surface area (Å²) in [7, 11) is 0. The van der Waals surface area contributed by atoms with Crippen LogP contribution in [0.5, 0.6) is 5.75 Å². The zero-order valence-corrected chi connectivity index (χ0v) is 9.51. The maximum Gasteiger partial charge on any atom is 0.342 e. The highest BCUT2D eigenvalue weighted by atomic mass is 19.1. The number of aromatic nitrogens is 1. The first-order valence-electron chi connectivity index (χ1n) is 5.14. The number of aryl methyl sites for hydroxylation is 1. The molecule has 2 aromatic rings. The van der Waals surface area contributed by atoms with Crippen LogP contribution in [0, 0.1) is 12.7 Å². The van der Waals surface area contributed by atoms with Crippen molar-refractivity contribution in [3.05, 3.63) is 47.1 Å². The molecule has 0 aliphatic heterocycles. The molecule has 0 unspecified atom stereocenters. The number of aromatic carboxylic acids is 1.